The van der Waals surface area contributed by atoms with Crippen LogP contribution in [0.15, 0.2) is 53.4 Å². The van der Waals surface area contributed by atoms with Crippen molar-refractivity contribution in [1.29, 1.82) is 0 Å². The molecule has 6 heteroatoms. The maximum absolute atomic E-state index is 12.7. The third-order valence-corrected chi connectivity index (χ3v) is 5.77. The first kappa shape index (κ1) is 19.6. The van der Waals surface area contributed by atoms with Crippen molar-refractivity contribution in [3.05, 3.63) is 59.7 Å². The SMILES string of the molecule is Cc1cccc([S@@](C)=O)c1NC(=O)N1CC[C@@H](COCc2ccccc2)C1. The molecular weight excluding hydrogens is 360 g/mol. The minimum absolute atomic E-state index is 0.137. The fraction of sp³-hybridized carbons (Fsp3) is 0.381. The summed E-state index contributed by atoms with van der Waals surface area (Å²) in [4.78, 5) is 15.1. The number of nitrogens with one attached hydrogen (secondary N) is 1. The molecule has 2 aromatic carbocycles. The summed E-state index contributed by atoms with van der Waals surface area (Å²) in [7, 11) is -1.15. The Kier molecular flexibility index (Phi) is 6.63. The fourth-order valence-electron chi connectivity index (χ4n) is 3.30. The van der Waals surface area contributed by atoms with Gasteiger partial charge in [0.25, 0.3) is 0 Å². The summed E-state index contributed by atoms with van der Waals surface area (Å²) in [5.74, 6) is 0.344. The van der Waals surface area contributed by atoms with Gasteiger partial charge in [-0.1, -0.05) is 42.5 Å². The number of likely N-dealkylation sites (tertiary alicyclic amines) is 1. The molecule has 0 aliphatic carbocycles. The van der Waals surface area contributed by atoms with Gasteiger partial charge in [0.1, 0.15) is 0 Å². The topological polar surface area (TPSA) is 58.6 Å². The van der Waals surface area contributed by atoms with E-state index in [4.69, 9.17) is 4.74 Å². The van der Waals surface area contributed by atoms with E-state index in [0.29, 0.717) is 42.8 Å². The monoisotopic (exact) mass is 386 g/mol. The molecule has 2 aromatic rings. The molecule has 2 atom stereocenters. The number of carbonyl (C=O) groups is 1. The summed E-state index contributed by atoms with van der Waals surface area (Å²) < 4.78 is 17.8. The van der Waals surface area contributed by atoms with Crippen LogP contribution in [-0.4, -0.2) is 41.1 Å². The van der Waals surface area contributed by atoms with Gasteiger partial charge in [0.05, 0.1) is 34.6 Å². The highest BCUT2D eigenvalue weighted by molar-refractivity contribution is 7.84. The molecule has 2 amide bonds. The molecule has 0 radical (unpaired) electrons. The highest BCUT2D eigenvalue weighted by Crippen LogP contribution is 2.25. The number of hydrogen-bond acceptors (Lipinski definition) is 3. The number of ether oxygens (including phenoxy) is 1. The Morgan fingerprint density at radius 3 is 2.74 bits per heavy atom. The summed E-state index contributed by atoms with van der Waals surface area (Å²) in [5, 5.41) is 2.96. The van der Waals surface area contributed by atoms with Gasteiger partial charge in [-0.15, -0.1) is 0 Å². The lowest BCUT2D eigenvalue weighted by molar-refractivity contribution is 0.0900. The van der Waals surface area contributed by atoms with E-state index in [1.54, 1.807) is 12.3 Å². The molecule has 1 aliphatic rings. The number of benzene rings is 2. The third kappa shape index (κ3) is 5.17. The number of urea groups is 1. The zero-order valence-corrected chi connectivity index (χ0v) is 16.6. The van der Waals surface area contributed by atoms with Gasteiger partial charge in [0.15, 0.2) is 0 Å². The summed E-state index contributed by atoms with van der Waals surface area (Å²) in [5.41, 5.74) is 2.73. The Morgan fingerprint density at radius 2 is 2.00 bits per heavy atom. The molecule has 27 heavy (non-hydrogen) atoms. The molecule has 0 bridgehead atoms. The van der Waals surface area contributed by atoms with Crippen LogP contribution in [0.3, 0.4) is 0 Å². The molecular formula is C21H26N2O3S. The van der Waals surface area contributed by atoms with E-state index in [9.17, 15) is 9.00 Å². The molecule has 0 unspecified atom stereocenters. The second kappa shape index (κ2) is 9.15. The van der Waals surface area contributed by atoms with Crippen molar-refractivity contribution in [2.24, 2.45) is 5.92 Å². The number of para-hydroxylation sites is 1. The average molecular weight is 387 g/mol. The van der Waals surface area contributed by atoms with Crippen molar-refractivity contribution >= 4 is 22.5 Å². The molecule has 5 nitrogen and oxygen atoms in total. The predicted molar refractivity (Wildman–Crippen MR) is 108 cm³/mol. The lowest BCUT2D eigenvalue weighted by atomic mass is 10.1. The lowest BCUT2D eigenvalue weighted by Gasteiger charge is -2.19. The van der Waals surface area contributed by atoms with Crippen molar-refractivity contribution in [2.75, 3.05) is 31.3 Å². The Balaban J connectivity index is 1.52. The van der Waals surface area contributed by atoms with E-state index in [1.165, 1.54) is 0 Å². The molecule has 3 rings (SSSR count). The van der Waals surface area contributed by atoms with Gasteiger partial charge in [-0.2, -0.15) is 0 Å². The van der Waals surface area contributed by atoms with Crippen LogP contribution >= 0.6 is 0 Å². The van der Waals surface area contributed by atoms with Crippen LogP contribution in [0.25, 0.3) is 0 Å². The normalized spacial score (nSPS) is 17.7. The van der Waals surface area contributed by atoms with Crippen molar-refractivity contribution in [3.8, 4) is 0 Å². The number of anilines is 1. The van der Waals surface area contributed by atoms with Crippen LogP contribution in [0.2, 0.25) is 0 Å². The first-order chi connectivity index (χ1) is 13.0. The van der Waals surface area contributed by atoms with Gasteiger partial charge in [0, 0.05) is 25.3 Å². The van der Waals surface area contributed by atoms with Crippen molar-refractivity contribution in [1.82, 2.24) is 4.90 Å². The number of nitrogens with zero attached hydrogens (tertiary/aromatic N) is 1. The Labute approximate surface area is 163 Å². The maximum atomic E-state index is 12.7. The first-order valence-corrected chi connectivity index (χ1v) is 10.7. The Hall–Kier alpha value is -2.18. The molecule has 1 aliphatic heterocycles. The molecule has 1 saturated heterocycles. The predicted octanol–water partition coefficient (Wildman–Crippen LogP) is 3.80. The van der Waals surface area contributed by atoms with E-state index >= 15 is 0 Å². The van der Waals surface area contributed by atoms with Crippen molar-refractivity contribution < 1.29 is 13.7 Å². The smallest absolute Gasteiger partial charge is 0.321 e. The van der Waals surface area contributed by atoms with Gasteiger partial charge in [0.2, 0.25) is 0 Å². The van der Waals surface area contributed by atoms with Crippen LogP contribution in [0.1, 0.15) is 17.5 Å². The number of hydrogen-bond donors (Lipinski definition) is 1. The number of aryl methyl sites for hydroxylation is 1. The standard InChI is InChI=1S/C21H26N2O3S/c1-16-7-6-10-19(27(2)25)20(16)22-21(24)23-12-11-18(13-23)15-26-14-17-8-4-3-5-9-17/h3-10,18H,11-15H2,1-2H3,(H,22,24)/t18-,27-/m1/s1. The van der Waals surface area contributed by atoms with Crippen molar-refractivity contribution in [3.63, 3.8) is 0 Å². The summed E-state index contributed by atoms with van der Waals surface area (Å²) in [6.45, 7) is 4.54. The Bertz CT molecular complexity index is 810. The minimum atomic E-state index is -1.15. The fourth-order valence-corrected chi connectivity index (χ4v) is 4.07. The minimum Gasteiger partial charge on any atom is -0.376 e. The van der Waals surface area contributed by atoms with Crippen molar-refractivity contribution in [2.45, 2.75) is 24.8 Å². The number of carbonyl (C=O) groups excluding carboxylic acids is 1. The van der Waals surface area contributed by atoms with E-state index in [0.717, 1.165) is 17.5 Å². The van der Waals surface area contributed by atoms with Gasteiger partial charge >= 0.3 is 6.03 Å². The zero-order valence-electron chi connectivity index (χ0n) is 15.8. The lowest BCUT2D eigenvalue weighted by Crippen LogP contribution is -2.34. The highest BCUT2D eigenvalue weighted by Gasteiger charge is 2.27. The van der Waals surface area contributed by atoms with Crippen LogP contribution in [0.4, 0.5) is 10.5 Å². The second-order valence-corrected chi connectivity index (χ2v) is 8.28. The zero-order chi connectivity index (χ0) is 19.2. The van der Waals surface area contributed by atoms with Crippen LogP contribution in [0, 0.1) is 12.8 Å². The van der Waals surface area contributed by atoms with Crippen LogP contribution in [0.5, 0.6) is 0 Å². The molecule has 0 saturated carbocycles. The summed E-state index contributed by atoms with van der Waals surface area (Å²) >= 11 is 0. The Morgan fingerprint density at radius 1 is 1.22 bits per heavy atom. The summed E-state index contributed by atoms with van der Waals surface area (Å²) in [6.07, 6.45) is 2.56. The molecule has 1 N–H and O–H groups in total. The summed E-state index contributed by atoms with van der Waals surface area (Å²) in [6, 6.07) is 15.5. The second-order valence-electron chi connectivity index (χ2n) is 6.93. The van der Waals surface area contributed by atoms with Crippen LogP contribution in [-0.2, 0) is 22.1 Å². The average Bonchev–Trinajstić information content (AvgIpc) is 3.13. The molecule has 0 aromatic heterocycles. The molecule has 1 heterocycles. The highest BCUT2D eigenvalue weighted by atomic mass is 32.2. The number of amides is 2. The van der Waals surface area contributed by atoms with Gasteiger partial charge < -0.3 is 15.0 Å². The molecule has 1 fully saturated rings. The number of rotatable bonds is 6. The van der Waals surface area contributed by atoms with Gasteiger partial charge in [-0.25, -0.2) is 4.79 Å². The molecule has 0 spiro atoms. The van der Waals surface area contributed by atoms with Gasteiger partial charge in [-0.05, 0) is 30.5 Å². The van der Waals surface area contributed by atoms with E-state index < -0.39 is 10.8 Å². The molecule has 144 valence electrons. The third-order valence-electron chi connectivity index (χ3n) is 4.81. The van der Waals surface area contributed by atoms with E-state index in [-0.39, 0.29) is 6.03 Å². The maximum Gasteiger partial charge on any atom is 0.321 e. The first-order valence-electron chi connectivity index (χ1n) is 9.15. The largest absolute Gasteiger partial charge is 0.376 e. The van der Waals surface area contributed by atoms with Crippen LogP contribution < -0.4 is 5.32 Å². The van der Waals surface area contributed by atoms with Gasteiger partial charge in [-0.3, -0.25) is 4.21 Å². The van der Waals surface area contributed by atoms with E-state index in [2.05, 4.69) is 5.32 Å². The quantitative estimate of drug-likeness (QED) is 0.821. The van der Waals surface area contributed by atoms with E-state index in [1.807, 2.05) is 54.3 Å².